The molecule has 0 saturated heterocycles. The molecular weight excluding hydrogens is 522 g/mol. The molecular formula is C29H41N9O3. The highest BCUT2D eigenvalue weighted by molar-refractivity contribution is 5.95. The second kappa shape index (κ2) is 15.3. The largest absolute Gasteiger partial charge is 0.384 e. The first-order chi connectivity index (χ1) is 19.7. The Morgan fingerprint density at radius 3 is 2.27 bits per heavy atom. The molecule has 1 saturated carbocycles. The van der Waals surface area contributed by atoms with Crippen LogP contribution in [0.25, 0.3) is 0 Å². The number of hydrogen-bond donors (Lipinski definition) is 7. The van der Waals surface area contributed by atoms with E-state index >= 15 is 0 Å². The maximum atomic E-state index is 13.9. The van der Waals surface area contributed by atoms with Crippen LogP contribution < -0.4 is 33.6 Å². The molecule has 3 atom stereocenters. The number of pyridine rings is 1. The topological polar surface area (TPSA) is 228 Å². The number of nitrogens with one attached hydrogen (secondary N) is 3. The van der Waals surface area contributed by atoms with E-state index in [1.165, 1.54) is 0 Å². The Labute approximate surface area is 240 Å². The number of aromatic nitrogens is 1. The van der Waals surface area contributed by atoms with Crippen LogP contribution in [0.4, 0.5) is 0 Å². The molecule has 1 aliphatic carbocycles. The van der Waals surface area contributed by atoms with E-state index in [9.17, 15) is 14.4 Å². The average Bonchev–Trinajstić information content (AvgIpc) is 2.96. The number of benzene rings is 1. The van der Waals surface area contributed by atoms with E-state index in [0.717, 1.165) is 37.7 Å². The molecule has 1 aliphatic rings. The standard InChI is InChI=1S/C29H41N9O3/c30-25(31)20-12-10-18(11-13-20)16-22(21-8-4-14-35-17-21)27(40)38-24(19-6-2-1-3-7-19)28(41)37-23(26(32)39)9-5-15-36-29(33)34/h4,8,10-14,17,19,22-24H,1-3,5-7,9,15-16H2,(H3,30,31)(H2,32,39)(H,37,41)(H,38,40)(H4,33,34,36)/t22-,23+,24+/m1/s1. The van der Waals surface area contributed by atoms with Crippen molar-refractivity contribution in [3.8, 4) is 0 Å². The first kappa shape index (κ1) is 31.1. The number of primary amides is 1. The summed E-state index contributed by atoms with van der Waals surface area (Å²) >= 11 is 0. The lowest BCUT2D eigenvalue weighted by Crippen LogP contribution is -2.56. The Hall–Kier alpha value is -4.48. The fraction of sp³-hybridized carbons (Fsp3) is 0.448. The van der Waals surface area contributed by atoms with E-state index in [4.69, 9.17) is 28.3 Å². The zero-order chi connectivity index (χ0) is 29.8. The van der Waals surface area contributed by atoms with Crippen LogP contribution in [0.1, 0.15) is 67.6 Å². The Morgan fingerprint density at radius 1 is 0.976 bits per heavy atom. The summed E-state index contributed by atoms with van der Waals surface area (Å²) in [6, 6.07) is 8.99. The zero-order valence-corrected chi connectivity index (χ0v) is 23.2. The number of carbonyl (C=O) groups excluding carboxylic acids is 3. The number of amides is 3. The van der Waals surface area contributed by atoms with Crippen molar-refractivity contribution >= 4 is 29.5 Å². The fourth-order valence-corrected chi connectivity index (χ4v) is 5.17. The Balaban J connectivity index is 1.81. The number of nitrogens with zero attached hydrogens (tertiary/aromatic N) is 2. The van der Waals surface area contributed by atoms with Crippen LogP contribution in [0.15, 0.2) is 53.8 Å². The third-order valence-corrected chi connectivity index (χ3v) is 7.41. The maximum absolute atomic E-state index is 13.9. The first-order valence-corrected chi connectivity index (χ1v) is 13.9. The normalized spacial score (nSPS) is 15.6. The summed E-state index contributed by atoms with van der Waals surface area (Å²) < 4.78 is 0. The summed E-state index contributed by atoms with van der Waals surface area (Å²) in [5.41, 5.74) is 24.1. The molecule has 2 aromatic rings. The highest BCUT2D eigenvalue weighted by atomic mass is 16.2. The van der Waals surface area contributed by atoms with Crippen molar-refractivity contribution < 1.29 is 14.4 Å². The predicted molar refractivity (Wildman–Crippen MR) is 158 cm³/mol. The van der Waals surface area contributed by atoms with Crippen LogP contribution >= 0.6 is 0 Å². The van der Waals surface area contributed by atoms with Crippen molar-refractivity contribution in [2.24, 2.45) is 33.8 Å². The Morgan fingerprint density at radius 2 is 1.68 bits per heavy atom. The summed E-state index contributed by atoms with van der Waals surface area (Å²) in [5, 5.41) is 13.4. The van der Waals surface area contributed by atoms with Gasteiger partial charge in [0.05, 0.1) is 5.92 Å². The molecule has 12 nitrogen and oxygen atoms in total. The molecule has 3 rings (SSSR count). The van der Waals surface area contributed by atoms with Gasteiger partial charge in [0, 0.05) is 24.5 Å². The van der Waals surface area contributed by atoms with Crippen LogP contribution in [0, 0.1) is 11.3 Å². The minimum atomic E-state index is -0.923. The number of guanidine groups is 1. The molecule has 1 fully saturated rings. The highest BCUT2D eigenvalue weighted by Crippen LogP contribution is 2.28. The van der Waals surface area contributed by atoms with E-state index in [1.807, 2.05) is 18.2 Å². The SMILES string of the molecule is N=C(N)c1ccc(C[C@@H](C(=O)N[C@H](C(=O)N[C@@H](CCCN=C(N)N)C(N)=O)C2CCCCC2)c2cccnc2)cc1. The molecule has 11 N–H and O–H groups in total. The molecule has 0 unspecified atom stereocenters. The highest BCUT2D eigenvalue weighted by Gasteiger charge is 2.35. The summed E-state index contributed by atoms with van der Waals surface area (Å²) in [7, 11) is 0. The summed E-state index contributed by atoms with van der Waals surface area (Å²) in [5.74, 6) is -2.22. The number of amidine groups is 1. The van der Waals surface area contributed by atoms with E-state index in [1.54, 1.807) is 30.6 Å². The number of nitrogens with two attached hydrogens (primary N) is 4. The minimum absolute atomic E-state index is 0.0371. The van der Waals surface area contributed by atoms with Gasteiger partial charge in [-0.1, -0.05) is 49.6 Å². The molecule has 0 radical (unpaired) electrons. The lowest BCUT2D eigenvalue weighted by molar-refractivity contribution is -0.133. The van der Waals surface area contributed by atoms with Gasteiger partial charge in [0.2, 0.25) is 17.7 Å². The van der Waals surface area contributed by atoms with Gasteiger partial charge in [0.1, 0.15) is 17.9 Å². The van der Waals surface area contributed by atoms with E-state index in [2.05, 4.69) is 20.6 Å². The lowest BCUT2D eigenvalue weighted by atomic mass is 9.82. The van der Waals surface area contributed by atoms with E-state index in [0.29, 0.717) is 30.5 Å². The molecule has 0 aliphatic heterocycles. The quantitative estimate of drug-likeness (QED) is 0.0991. The lowest BCUT2D eigenvalue weighted by Gasteiger charge is -2.32. The van der Waals surface area contributed by atoms with Gasteiger partial charge in [-0.2, -0.15) is 0 Å². The van der Waals surface area contributed by atoms with Gasteiger partial charge >= 0.3 is 0 Å². The molecule has 0 spiro atoms. The number of aliphatic imine (C=N–C) groups is 1. The van der Waals surface area contributed by atoms with Gasteiger partial charge in [0.15, 0.2) is 5.96 Å². The van der Waals surface area contributed by atoms with Gasteiger partial charge in [-0.15, -0.1) is 0 Å². The van der Waals surface area contributed by atoms with Crippen molar-refractivity contribution in [1.29, 1.82) is 5.41 Å². The second-order valence-electron chi connectivity index (χ2n) is 10.5. The molecule has 1 heterocycles. The van der Waals surface area contributed by atoms with Gasteiger partial charge in [-0.05, 0) is 55.2 Å². The van der Waals surface area contributed by atoms with Crippen LogP contribution in [-0.2, 0) is 20.8 Å². The van der Waals surface area contributed by atoms with E-state index in [-0.39, 0.29) is 30.0 Å². The van der Waals surface area contributed by atoms with Crippen molar-refractivity contribution in [3.05, 3.63) is 65.5 Å². The summed E-state index contributed by atoms with van der Waals surface area (Å²) in [6.07, 6.45) is 8.88. The number of rotatable bonds is 14. The van der Waals surface area contributed by atoms with Crippen LogP contribution in [-0.4, -0.2) is 53.1 Å². The average molecular weight is 564 g/mol. The van der Waals surface area contributed by atoms with Gasteiger partial charge in [-0.25, -0.2) is 0 Å². The Kier molecular flexibility index (Phi) is 11.6. The smallest absolute Gasteiger partial charge is 0.243 e. The number of nitrogen functional groups attached to an aromatic ring is 1. The van der Waals surface area contributed by atoms with Crippen molar-refractivity contribution in [2.75, 3.05) is 6.54 Å². The van der Waals surface area contributed by atoms with Crippen LogP contribution in [0.3, 0.4) is 0 Å². The third-order valence-electron chi connectivity index (χ3n) is 7.41. The second-order valence-corrected chi connectivity index (χ2v) is 10.5. The molecule has 1 aromatic carbocycles. The fourth-order valence-electron chi connectivity index (χ4n) is 5.17. The Bertz CT molecular complexity index is 1210. The van der Waals surface area contributed by atoms with Crippen LogP contribution in [0.5, 0.6) is 0 Å². The van der Waals surface area contributed by atoms with Crippen molar-refractivity contribution in [2.45, 2.75) is 69.4 Å². The van der Waals surface area contributed by atoms with Gasteiger partial charge in [0.25, 0.3) is 0 Å². The molecule has 1 aromatic heterocycles. The predicted octanol–water partition coefficient (Wildman–Crippen LogP) is 0.781. The zero-order valence-electron chi connectivity index (χ0n) is 23.2. The van der Waals surface area contributed by atoms with Gasteiger partial charge in [-0.3, -0.25) is 29.8 Å². The molecule has 41 heavy (non-hydrogen) atoms. The summed E-state index contributed by atoms with van der Waals surface area (Å²) in [4.78, 5) is 47.7. The summed E-state index contributed by atoms with van der Waals surface area (Å²) in [6.45, 7) is 0.297. The molecule has 12 heteroatoms. The molecule has 3 amide bonds. The van der Waals surface area contributed by atoms with Gasteiger partial charge < -0.3 is 33.6 Å². The van der Waals surface area contributed by atoms with Crippen molar-refractivity contribution in [1.82, 2.24) is 15.6 Å². The van der Waals surface area contributed by atoms with E-state index < -0.39 is 29.8 Å². The first-order valence-electron chi connectivity index (χ1n) is 13.9. The number of hydrogen-bond acceptors (Lipinski definition) is 6. The maximum Gasteiger partial charge on any atom is 0.243 e. The van der Waals surface area contributed by atoms with Crippen molar-refractivity contribution in [3.63, 3.8) is 0 Å². The molecule has 0 bridgehead atoms. The third kappa shape index (κ3) is 9.59. The number of carbonyl (C=O) groups is 3. The van der Waals surface area contributed by atoms with Crippen LogP contribution in [0.2, 0.25) is 0 Å². The minimum Gasteiger partial charge on any atom is -0.384 e. The molecule has 220 valence electrons. The monoisotopic (exact) mass is 563 g/mol.